The van der Waals surface area contributed by atoms with Crippen LogP contribution in [0, 0.1) is 5.82 Å². The van der Waals surface area contributed by atoms with Gasteiger partial charge in [0.25, 0.3) is 5.91 Å². The van der Waals surface area contributed by atoms with Crippen LogP contribution in [0.5, 0.6) is 5.75 Å². The average Bonchev–Trinajstić information content (AvgIpc) is 3.34. The Bertz CT molecular complexity index is 1210. The number of anilines is 1. The van der Waals surface area contributed by atoms with E-state index in [-0.39, 0.29) is 17.1 Å². The van der Waals surface area contributed by atoms with Crippen molar-refractivity contribution in [3.05, 3.63) is 58.9 Å². The van der Waals surface area contributed by atoms with E-state index in [2.05, 4.69) is 15.5 Å². The molecule has 1 saturated heterocycles. The molecule has 164 valence electrons. The number of nitrogens with one attached hydrogen (secondary N) is 1. The van der Waals surface area contributed by atoms with E-state index in [0.717, 1.165) is 5.56 Å². The number of carbonyl (C=O) groups excluding carboxylic acids is 2. The number of carbonyl (C=O) groups is 2. The van der Waals surface area contributed by atoms with Gasteiger partial charge >= 0.3 is 6.03 Å². The number of nitrogens with zero attached hydrogens (tertiary/aromatic N) is 5. The van der Waals surface area contributed by atoms with Gasteiger partial charge < -0.3 is 14.5 Å². The minimum absolute atomic E-state index is 0.0249. The SMILES string of the molecule is COc1ccc(-c2nnc3n2C2C(C(=O)NC(=O)N2C)N3Cc2c(F)cccc2Cl)cc1. The number of urea groups is 1. The summed E-state index contributed by atoms with van der Waals surface area (Å²) in [4.78, 5) is 28.3. The number of likely N-dealkylation sites (N-methyl/N-ethyl adjacent to an activating group) is 1. The van der Waals surface area contributed by atoms with Crippen LogP contribution in [-0.2, 0) is 11.3 Å². The Morgan fingerprint density at radius 1 is 1.16 bits per heavy atom. The van der Waals surface area contributed by atoms with Gasteiger partial charge in [0.15, 0.2) is 11.9 Å². The van der Waals surface area contributed by atoms with Crippen LogP contribution < -0.4 is 15.0 Å². The van der Waals surface area contributed by atoms with E-state index in [9.17, 15) is 14.0 Å². The molecule has 2 unspecified atom stereocenters. The summed E-state index contributed by atoms with van der Waals surface area (Å²) in [6.07, 6.45) is -0.719. The van der Waals surface area contributed by atoms with Crippen LogP contribution in [-0.4, -0.2) is 51.8 Å². The Hall–Kier alpha value is -3.66. The Morgan fingerprint density at radius 2 is 1.91 bits per heavy atom. The van der Waals surface area contributed by atoms with E-state index in [4.69, 9.17) is 16.3 Å². The number of halogens is 2. The van der Waals surface area contributed by atoms with Gasteiger partial charge in [-0.3, -0.25) is 14.7 Å². The van der Waals surface area contributed by atoms with Crippen LogP contribution in [0.1, 0.15) is 11.7 Å². The molecular formula is C21H18ClFN6O3. The second-order valence-corrected chi connectivity index (χ2v) is 7.92. The van der Waals surface area contributed by atoms with Crippen LogP contribution >= 0.6 is 11.6 Å². The highest BCUT2D eigenvalue weighted by atomic mass is 35.5. The molecule has 1 aromatic heterocycles. The molecule has 2 atom stereocenters. The van der Waals surface area contributed by atoms with Gasteiger partial charge in [-0.15, -0.1) is 10.2 Å². The highest BCUT2D eigenvalue weighted by molar-refractivity contribution is 6.31. The lowest BCUT2D eigenvalue weighted by molar-refractivity contribution is -0.124. The topological polar surface area (TPSA) is 92.6 Å². The number of aromatic nitrogens is 3. The van der Waals surface area contributed by atoms with Gasteiger partial charge in [-0.25, -0.2) is 9.18 Å². The van der Waals surface area contributed by atoms with Crippen molar-refractivity contribution in [2.75, 3.05) is 19.1 Å². The fourth-order valence-corrected chi connectivity index (χ4v) is 4.38. The summed E-state index contributed by atoms with van der Waals surface area (Å²) in [7, 11) is 3.15. The molecule has 32 heavy (non-hydrogen) atoms. The summed E-state index contributed by atoms with van der Waals surface area (Å²) in [6.45, 7) is -0.0249. The molecule has 0 spiro atoms. The number of imide groups is 1. The van der Waals surface area contributed by atoms with E-state index >= 15 is 0 Å². The third-order valence-corrected chi connectivity index (χ3v) is 6.13. The van der Waals surface area contributed by atoms with Gasteiger partial charge in [0.1, 0.15) is 17.7 Å². The largest absolute Gasteiger partial charge is 0.497 e. The third-order valence-electron chi connectivity index (χ3n) is 5.77. The summed E-state index contributed by atoms with van der Waals surface area (Å²) in [5.74, 6) is 0.476. The Kier molecular flexibility index (Phi) is 4.74. The maximum absolute atomic E-state index is 14.6. The average molecular weight is 457 g/mol. The molecule has 9 nitrogen and oxygen atoms in total. The first-order valence-electron chi connectivity index (χ1n) is 9.77. The first kappa shape index (κ1) is 20.3. The van der Waals surface area contributed by atoms with Crippen molar-refractivity contribution in [3.8, 4) is 17.1 Å². The van der Waals surface area contributed by atoms with Crippen LogP contribution in [0.25, 0.3) is 11.4 Å². The van der Waals surface area contributed by atoms with Gasteiger partial charge in [-0.1, -0.05) is 17.7 Å². The zero-order chi connectivity index (χ0) is 22.6. The monoisotopic (exact) mass is 456 g/mol. The molecule has 0 radical (unpaired) electrons. The number of amides is 3. The first-order valence-corrected chi connectivity index (χ1v) is 10.1. The molecule has 2 aliphatic rings. The number of hydrogen-bond acceptors (Lipinski definition) is 6. The van der Waals surface area contributed by atoms with Crippen molar-refractivity contribution in [3.63, 3.8) is 0 Å². The van der Waals surface area contributed by atoms with Crippen LogP contribution in [0.15, 0.2) is 42.5 Å². The van der Waals surface area contributed by atoms with Crippen molar-refractivity contribution in [1.82, 2.24) is 25.0 Å². The van der Waals surface area contributed by atoms with Crippen molar-refractivity contribution in [2.24, 2.45) is 0 Å². The Balaban J connectivity index is 1.65. The molecule has 1 N–H and O–H groups in total. The first-order chi connectivity index (χ1) is 15.4. The van der Waals surface area contributed by atoms with Crippen molar-refractivity contribution >= 4 is 29.5 Å². The van der Waals surface area contributed by atoms with Gasteiger partial charge in [-0.05, 0) is 36.4 Å². The van der Waals surface area contributed by atoms with E-state index in [0.29, 0.717) is 17.5 Å². The molecule has 2 aromatic carbocycles. The smallest absolute Gasteiger partial charge is 0.325 e. The molecule has 0 bridgehead atoms. The van der Waals surface area contributed by atoms with Crippen molar-refractivity contribution in [2.45, 2.75) is 18.8 Å². The predicted octanol–water partition coefficient (Wildman–Crippen LogP) is 2.82. The summed E-state index contributed by atoms with van der Waals surface area (Å²) < 4.78 is 21.5. The molecule has 3 amide bonds. The minimum atomic E-state index is -0.837. The third kappa shape index (κ3) is 2.98. The number of methoxy groups -OCH3 is 1. The maximum Gasteiger partial charge on any atom is 0.325 e. The summed E-state index contributed by atoms with van der Waals surface area (Å²) in [5.41, 5.74) is 0.948. The molecule has 1 fully saturated rings. The second-order valence-electron chi connectivity index (χ2n) is 7.51. The van der Waals surface area contributed by atoms with Gasteiger partial charge in [0, 0.05) is 23.2 Å². The minimum Gasteiger partial charge on any atom is -0.497 e. The zero-order valence-corrected chi connectivity index (χ0v) is 17.9. The highest BCUT2D eigenvalue weighted by Gasteiger charge is 2.52. The molecule has 11 heteroatoms. The zero-order valence-electron chi connectivity index (χ0n) is 17.1. The fourth-order valence-electron chi connectivity index (χ4n) is 4.16. The van der Waals surface area contributed by atoms with Gasteiger partial charge in [0.05, 0.1) is 13.7 Å². The second kappa shape index (κ2) is 7.49. The fraction of sp³-hybridized carbons (Fsp3) is 0.238. The normalized spacial score (nSPS) is 19.6. The molecule has 2 aliphatic heterocycles. The number of rotatable bonds is 4. The molecule has 5 rings (SSSR count). The number of ether oxygens (including phenoxy) is 1. The Labute approximate surface area is 187 Å². The van der Waals surface area contributed by atoms with Gasteiger partial charge in [0.2, 0.25) is 5.95 Å². The van der Waals surface area contributed by atoms with Crippen LogP contribution in [0.4, 0.5) is 15.1 Å². The molecule has 0 aliphatic carbocycles. The van der Waals surface area contributed by atoms with Crippen LogP contribution in [0.2, 0.25) is 5.02 Å². The lowest BCUT2D eigenvalue weighted by Crippen LogP contribution is -2.61. The Morgan fingerprint density at radius 3 is 2.59 bits per heavy atom. The van der Waals surface area contributed by atoms with E-state index in [1.807, 2.05) is 12.1 Å². The van der Waals surface area contributed by atoms with E-state index < -0.39 is 30.0 Å². The van der Waals surface area contributed by atoms with Crippen molar-refractivity contribution < 1.29 is 18.7 Å². The lowest BCUT2D eigenvalue weighted by Gasteiger charge is -2.37. The number of benzene rings is 2. The lowest BCUT2D eigenvalue weighted by atomic mass is 10.1. The van der Waals surface area contributed by atoms with Crippen LogP contribution in [0.3, 0.4) is 0 Å². The summed E-state index contributed by atoms with van der Waals surface area (Å²) in [5, 5.41) is 11.2. The molecular weight excluding hydrogens is 439 g/mol. The molecule has 3 aromatic rings. The summed E-state index contributed by atoms with van der Waals surface area (Å²) in [6, 6.07) is 10.2. The molecule has 0 saturated carbocycles. The quantitative estimate of drug-likeness (QED) is 0.649. The van der Waals surface area contributed by atoms with Crippen molar-refractivity contribution in [1.29, 1.82) is 0 Å². The van der Waals surface area contributed by atoms with Gasteiger partial charge in [-0.2, -0.15) is 0 Å². The highest BCUT2D eigenvalue weighted by Crippen LogP contribution is 2.42. The summed E-state index contributed by atoms with van der Waals surface area (Å²) >= 11 is 6.24. The number of fused-ring (bicyclic) bond motifs is 3. The standard InChI is InChI=1S/C21H18ClFN6O3/c1-27-19-16(18(30)24-21(27)31)28(10-13-14(22)4-3-5-15(13)23)20-26-25-17(29(19)20)11-6-8-12(32-2)9-7-11/h3-9,16,19H,10H2,1-2H3,(H,24,30,31). The predicted molar refractivity (Wildman–Crippen MR) is 114 cm³/mol. The number of hydrogen-bond donors (Lipinski definition) is 1. The van der Waals surface area contributed by atoms with E-state index in [1.54, 1.807) is 41.8 Å². The van der Waals surface area contributed by atoms with E-state index in [1.165, 1.54) is 17.0 Å². The maximum atomic E-state index is 14.6. The molecule has 3 heterocycles.